The van der Waals surface area contributed by atoms with Crippen LogP contribution in [-0.4, -0.2) is 22.2 Å². The molecule has 0 saturated heterocycles. The monoisotopic (exact) mass is 300 g/mol. The zero-order chi connectivity index (χ0) is 11.7. The Bertz CT molecular complexity index is 311. The third-order valence-electron chi connectivity index (χ3n) is 1.50. The fraction of sp³-hybridized carbons (Fsp3) is 0.273. The van der Waals surface area contributed by atoms with Crippen LogP contribution >= 0.6 is 0 Å². The second kappa shape index (κ2) is 10.6. The predicted molar refractivity (Wildman–Crippen MR) is 55.7 cm³/mol. The Morgan fingerprint density at radius 1 is 1.06 bits per heavy atom. The number of benzene rings is 1. The minimum atomic E-state index is -0.786. The third kappa shape index (κ3) is 11.1. The average Bonchev–Trinajstić information content (AvgIpc) is 2.19. The van der Waals surface area contributed by atoms with Gasteiger partial charge in [-0.2, -0.15) is 0 Å². The molecule has 86 valence electrons. The molecular formula is C11H14O4Zr. The third-order valence-corrected chi connectivity index (χ3v) is 1.50. The Morgan fingerprint density at radius 2 is 1.50 bits per heavy atom. The predicted octanol–water partition coefficient (Wildman–Crippen LogP) is 1.79. The molecule has 0 bridgehead atoms. The van der Waals surface area contributed by atoms with Gasteiger partial charge in [0.15, 0.2) is 0 Å². The van der Waals surface area contributed by atoms with Gasteiger partial charge in [0.1, 0.15) is 0 Å². The fourth-order valence-corrected chi connectivity index (χ4v) is 0.770. The van der Waals surface area contributed by atoms with Gasteiger partial charge >= 0.3 is 11.9 Å². The van der Waals surface area contributed by atoms with Crippen LogP contribution in [0.1, 0.15) is 18.9 Å². The normalized spacial score (nSPS) is 8.06. The molecule has 1 aromatic carbocycles. The molecule has 1 rings (SSSR count). The Morgan fingerprint density at radius 3 is 1.81 bits per heavy atom. The minimum absolute atomic E-state index is 0. The zero-order valence-corrected chi connectivity index (χ0v) is 11.5. The van der Waals surface area contributed by atoms with Crippen LogP contribution in [0.25, 0.3) is 0 Å². The van der Waals surface area contributed by atoms with Crippen LogP contribution < -0.4 is 0 Å². The van der Waals surface area contributed by atoms with Crippen molar-refractivity contribution in [2.24, 2.45) is 0 Å². The summed E-state index contributed by atoms with van der Waals surface area (Å²) >= 11 is 0. The number of carboxylic acids is 2. The molecule has 1 aromatic rings. The maximum Gasteiger partial charge on any atom is 0.307 e. The summed E-state index contributed by atoms with van der Waals surface area (Å²) in [5.41, 5.74) is 0.843. The molecule has 2 N–H and O–H groups in total. The van der Waals surface area contributed by atoms with Crippen LogP contribution in [-0.2, 0) is 42.2 Å². The van der Waals surface area contributed by atoms with Crippen molar-refractivity contribution in [1.29, 1.82) is 0 Å². The van der Waals surface area contributed by atoms with E-state index in [1.807, 2.05) is 18.2 Å². The molecular weight excluding hydrogens is 287 g/mol. The minimum Gasteiger partial charge on any atom is -0.481 e. The first-order chi connectivity index (χ1) is 7.06. The standard InChI is InChI=1S/C8H8O2.C3H6O2.Zr/c9-8(10)6-7-4-2-1-3-5-7;1-2-3(4)5;/h1-5H,6H2,(H,9,10);2H2,1H3,(H,4,5);. The van der Waals surface area contributed by atoms with Crippen molar-refractivity contribution in [2.75, 3.05) is 0 Å². The van der Waals surface area contributed by atoms with Crippen LogP contribution in [0, 0.1) is 0 Å². The molecule has 0 spiro atoms. The molecule has 5 heteroatoms. The average molecular weight is 301 g/mol. The summed E-state index contributed by atoms with van der Waals surface area (Å²) in [6, 6.07) is 9.13. The summed E-state index contributed by atoms with van der Waals surface area (Å²) < 4.78 is 0. The number of carboxylic acid groups (broad SMARTS) is 2. The molecule has 0 aliphatic heterocycles. The maximum absolute atomic E-state index is 10.2. The first-order valence-corrected chi connectivity index (χ1v) is 4.53. The van der Waals surface area contributed by atoms with E-state index in [0.29, 0.717) is 0 Å². The van der Waals surface area contributed by atoms with E-state index in [9.17, 15) is 9.59 Å². The van der Waals surface area contributed by atoms with Gasteiger partial charge in [-0.05, 0) is 5.56 Å². The first-order valence-electron chi connectivity index (χ1n) is 4.53. The van der Waals surface area contributed by atoms with Crippen molar-refractivity contribution in [1.82, 2.24) is 0 Å². The second-order valence-corrected chi connectivity index (χ2v) is 2.80. The SMILES string of the molecule is CCC(=O)O.O=C(O)Cc1ccccc1.[Zr]. The van der Waals surface area contributed by atoms with E-state index >= 15 is 0 Å². The number of aliphatic carboxylic acids is 2. The van der Waals surface area contributed by atoms with E-state index in [4.69, 9.17) is 10.2 Å². The maximum atomic E-state index is 10.2. The quantitative estimate of drug-likeness (QED) is 0.892. The van der Waals surface area contributed by atoms with E-state index in [1.165, 1.54) is 0 Å². The van der Waals surface area contributed by atoms with Gasteiger partial charge in [-0.3, -0.25) is 9.59 Å². The number of rotatable bonds is 3. The second-order valence-electron chi connectivity index (χ2n) is 2.80. The van der Waals surface area contributed by atoms with Gasteiger partial charge in [0.25, 0.3) is 0 Å². The Labute approximate surface area is 113 Å². The van der Waals surface area contributed by atoms with Gasteiger partial charge in [-0.15, -0.1) is 0 Å². The van der Waals surface area contributed by atoms with E-state index in [1.54, 1.807) is 19.1 Å². The zero-order valence-electron chi connectivity index (χ0n) is 9.01. The fourth-order valence-electron chi connectivity index (χ4n) is 0.770. The Balaban J connectivity index is 0. The van der Waals surface area contributed by atoms with Gasteiger partial charge in [0, 0.05) is 32.6 Å². The molecule has 0 aliphatic carbocycles. The van der Waals surface area contributed by atoms with Crippen LogP contribution in [0.2, 0.25) is 0 Å². The van der Waals surface area contributed by atoms with Gasteiger partial charge in [-0.1, -0.05) is 37.3 Å². The molecule has 16 heavy (non-hydrogen) atoms. The van der Waals surface area contributed by atoms with E-state index in [2.05, 4.69) is 0 Å². The molecule has 0 radical (unpaired) electrons. The van der Waals surface area contributed by atoms with E-state index < -0.39 is 11.9 Å². The van der Waals surface area contributed by atoms with E-state index in [0.717, 1.165) is 5.56 Å². The van der Waals surface area contributed by atoms with Gasteiger partial charge in [0.05, 0.1) is 6.42 Å². The summed E-state index contributed by atoms with van der Waals surface area (Å²) in [6.45, 7) is 1.60. The van der Waals surface area contributed by atoms with Crippen LogP contribution in [0.15, 0.2) is 30.3 Å². The smallest absolute Gasteiger partial charge is 0.307 e. The van der Waals surface area contributed by atoms with Gasteiger partial charge < -0.3 is 10.2 Å². The molecule has 0 amide bonds. The summed E-state index contributed by atoms with van der Waals surface area (Å²) in [5.74, 6) is -1.53. The molecule has 0 fully saturated rings. The van der Waals surface area contributed by atoms with Crippen molar-refractivity contribution < 1.29 is 46.0 Å². The number of hydrogen-bond acceptors (Lipinski definition) is 2. The molecule has 4 nitrogen and oxygen atoms in total. The topological polar surface area (TPSA) is 74.6 Å². The van der Waals surface area contributed by atoms with E-state index in [-0.39, 0.29) is 39.0 Å². The summed E-state index contributed by atoms with van der Waals surface area (Å²) in [4.78, 5) is 19.5. The molecule has 0 atom stereocenters. The largest absolute Gasteiger partial charge is 0.481 e. The van der Waals surface area contributed by atoms with Gasteiger partial charge in [0.2, 0.25) is 0 Å². The molecule has 0 heterocycles. The van der Waals surface area contributed by atoms with Crippen molar-refractivity contribution in [3.8, 4) is 0 Å². The van der Waals surface area contributed by atoms with Crippen molar-refractivity contribution in [2.45, 2.75) is 19.8 Å². The van der Waals surface area contributed by atoms with Crippen molar-refractivity contribution in [3.63, 3.8) is 0 Å². The van der Waals surface area contributed by atoms with Crippen LogP contribution in [0.3, 0.4) is 0 Å². The number of hydrogen-bond donors (Lipinski definition) is 2. The van der Waals surface area contributed by atoms with Gasteiger partial charge in [-0.25, -0.2) is 0 Å². The summed E-state index contributed by atoms with van der Waals surface area (Å²) in [5, 5.41) is 16.1. The van der Waals surface area contributed by atoms with Crippen molar-refractivity contribution >= 4 is 11.9 Å². The Hall–Kier alpha value is -0.957. The van der Waals surface area contributed by atoms with Crippen LogP contribution in [0.4, 0.5) is 0 Å². The first kappa shape index (κ1) is 17.4. The molecule has 0 aliphatic rings. The molecule has 0 unspecified atom stereocenters. The number of carbonyl (C=O) groups is 2. The molecule has 0 aromatic heterocycles. The Kier molecular flexibility index (Phi) is 11.5. The summed E-state index contributed by atoms with van der Waals surface area (Å²) in [6.07, 6.45) is 0.334. The van der Waals surface area contributed by atoms with Crippen molar-refractivity contribution in [3.05, 3.63) is 35.9 Å². The summed E-state index contributed by atoms with van der Waals surface area (Å²) in [7, 11) is 0. The molecule has 0 saturated carbocycles. The van der Waals surface area contributed by atoms with Crippen LogP contribution in [0.5, 0.6) is 0 Å².